The van der Waals surface area contributed by atoms with Gasteiger partial charge in [0.15, 0.2) is 23.0 Å². The number of nitrogens with zero attached hydrogens (tertiary/aromatic N) is 2. The van der Waals surface area contributed by atoms with E-state index in [9.17, 15) is 14.3 Å². The molecule has 0 atom stereocenters. The van der Waals surface area contributed by atoms with Gasteiger partial charge in [0, 0.05) is 10.9 Å². The van der Waals surface area contributed by atoms with Crippen LogP contribution in [0, 0.1) is 5.82 Å². The van der Waals surface area contributed by atoms with Crippen LogP contribution in [0.15, 0.2) is 30.3 Å². The van der Waals surface area contributed by atoms with Crippen LogP contribution in [0.25, 0.3) is 22.3 Å². The Labute approximate surface area is 148 Å². The Hall–Kier alpha value is -3.42. The molecule has 0 aliphatic heterocycles. The fourth-order valence-electron chi connectivity index (χ4n) is 2.60. The standard InChI is InChI=1S/C18H15FN2O5/c1-24-13-6-9(7-14(25-2)16(13)26-3)17-20-12-5-4-10(19)8-11(12)15(21-17)18(22)23/h4-8H,1-3H3,(H,22,23). The average Bonchev–Trinajstić information content (AvgIpc) is 2.65. The predicted octanol–water partition coefficient (Wildman–Crippen LogP) is 3.16. The van der Waals surface area contributed by atoms with Crippen LogP contribution in [0.1, 0.15) is 10.5 Å². The van der Waals surface area contributed by atoms with Gasteiger partial charge >= 0.3 is 5.97 Å². The number of rotatable bonds is 5. The summed E-state index contributed by atoms with van der Waals surface area (Å²) in [7, 11) is 4.41. The maximum absolute atomic E-state index is 13.5. The third-order valence-electron chi connectivity index (χ3n) is 3.78. The lowest BCUT2D eigenvalue weighted by Gasteiger charge is -2.14. The SMILES string of the molecule is COc1cc(-c2nc(C(=O)O)c3cc(F)ccc3n2)cc(OC)c1OC. The molecule has 8 heteroatoms. The fraction of sp³-hybridized carbons (Fsp3) is 0.167. The van der Waals surface area contributed by atoms with Crippen LogP contribution in [-0.2, 0) is 0 Å². The lowest BCUT2D eigenvalue weighted by atomic mass is 10.1. The Kier molecular flexibility index (Phi) is 4.57. The van der Waals surface area contributed by atoms with Gasteiger partial charge in [0.1, 0.15) is 5.82 Å². The van der Waals surface area contributed by atoms with E-state index in [1.165, 1.54) is 33.5 Å². The summed E-state index contributed by atoms with van der Waals surface area (Å²) >= 11 is 0. The van der Waals surface area contributed by atoms with E-state index in [4.69, 9.17) is 14.2 Å². The number of fused-ring (bicyclic) bond motifs is 1. The predicted molar refractivity (Wildman–Crippen MR) is 91.5 cm³/mol. The summed E-state index contributed by atoms with van der Waals surface area (Å²) in [6.45, 7) is 0. The smallest absolute Gasteiger partial charge is 0.355 e. The molecule has 0 radical (unpaired) electrons. The van der Waals surface area contributed by atoms with E-state index in [0.717, 1.165) is 6.07 Å². The first-order chi connectivity index (χ1) is 12.5. The van der Waals surface area contributed by atoms with Gasteiger partial charge in [-0.15, -0.1) is 0 Å². The van der Waals surface area contributed by atoms with Crippen molar-refractivity contribution in [3.8, 4) is 28.6 Å². The Bertz CT molecular complexity index is 981. The molecule has 0 saturated carbocycles. The molecule has 0 unspecified atom stereocenters. The number of carboxylic acids is 1. The average molecular weight is 358 g/mol. The maximum atomic E-state index is 13.5. The molecule has 3 rings (SSSR count). The number of benzene rings is 2. The highest BCUT2D eigenvalue weighted by atomic mass is 19.1. The summed E-state index contributed by atoms with van der Waals surface area (Å²) in [5.74, 6) is -0.565. The van der Waals surface area contributed by atoms with Gasteiger partial charge in [-0.2, -0.15) is 0 Å². The van der Waals surface area contributed by atoms with E-state index in [1.807, 2.05) is 0 Å². The quantitative estimate of drug-likeness (QED) is 0.749. The summed E-state index contributed by atoms with van der Waals surface area (Å²) in [5, 5.41) is 9.57. The molecule has 2 aromatic carbocycles. The zero-order valence-electron chi connectivity index (χ0n) is 14.2. The molecule has 0 fully saturated rings. The molecule has 0 amide bonds. The summed E-state index contributed by atoms with van der Waals surface area (Å²) in [6, 6.07) is 6.92. The number of aromatic carboxylic acids is 1. The number of carboxylic acid groups (broad SMARTS) is 1. The number of methoxy groups -OCH3 is 3. The van der Waals surface area contributed by atoms with Crippen molar-refractivity contribution < 1.29 is 28.5 Å². The van der Waals surface area contributed by atoms with Crippen molar-refractivity contribution in [1.29, 1.82) is 0 Å². The van der Waals surface area contributed by atoms with Gasteiger partial charge < -0.3 is 19.3 Å². The minimum Gasteiger partial charge on any atom is -0.493 e. The van der Waals surface area contributed by atoms with Crippen molar-refractivity contribution in [2.24, 2.45) is 0 Å². The summed E-state index contributed by atoms with van der Waals surface area (Å²) in [5.41, 5.74) is 0.481. The van der Waals surface area contributed by atoms with Gasteiger partial charge in [0.2, 0.25) is 5.75 Å². The monoisotopic (exact) mass is 358 g/mol. The van der Waals surface area contributed by atoms with Crippen molar-refractivity contribution >= 4 is 16.9 Å². The largest absolute Gasteiger partial charge is 0.493 e. The number of ether oxygens (including phenoxy) is 3. The molecule has 1 N–H and O–H groups in total. The Morgan fingerprint density at radius 2 is 1.65 bits per heavy atom. The van der Waals surface area contributed by atoms with E-state index in [1.54, 1.807) is 12.1 Å². The molecule has 1 aromatic heterocycles. The van der Waals surface area contributed by atoms with Crippen molar-refractivity contribution in [2.75, 3.05) is 21.3 Å². The highest BCUT2D eigenvalue weighted by Gasteiger charge is 2.19. The van der Waals surface area contributed by atoms with E-state index >= 15 is 0 Å². The lowest BCUT2D eigenvalue weighted by molar-refractivity contribution is 0.0693. The number of hydrogen-bond donors (Lipinski definition) is 1. The molecule has 0 aliphatic carbocycles. The molecule has 3 aromatic rings. The molecule has 1 heterocycles. The van der Waals surface area contributed by atoms with Gasteiger partial charge in [-0.05, 0) is 30.3 Å². The Morgan fingerprint density at radius 1 is 1.00 bits per heavy atom. The van der Waals surface area contributed by atoms with Crippen LogP contribution in [0.2, 0.25) is 0 Å². The number of hydrogen-bond acceptors (Lipinski definition) is 6. The van der Waals surface area contributed by atoms with E-state index in [0.29, 0.717) is 28.3 Å². The van der Waals surface area contributed by atoms with Gasteiger partial charge in [0.05, 0.1) is 26.8 Å². The molecule has 7 nitrogen and oxygen atoms in total. The summed E-state index contributed by atoms with van der Waals surface area (Å²) in [6.07, 6.45) is 0. The highest BCUT2D eigenvalue weighted by molar-refractivity contribution is 6.01. The first-order valence-corrected chi connectivity index (χ1v) is 7.49. The van der Waals surface area contributed by atoms with E-state index < -0.39 is 11.8 Å². The van der Waals surface area contributed by atoms with Gasteiger partial charge in [-0.3, -0.25) is 0 Å². The first kappa shape index (κ1) is 17.4. The molecule has 134 valence electrons. The second-order valence-corrected chi connectivity index (χ2v) is 5.28. The molecule has 26 heavy (non-hydrogen) atoms. The molecular weight excluding hydrogens is 343 g/mol. The second kappa shape index (κ2) is 6.83. The van der Waals surface area contributed by atoms with Crippen LogP contribution < -0.4 is 14.2 Å². The van der Waals surface area contributed by atoms with Crippen molar-refractivity contribution in [3.63, 3.8) is 0 Å². The van der Waals surface area contributed by atoms with Gasteiger partial charge in [0.25, 0.3) is 0 Å². The third-order valence-corrected chi connectivity index (χ3v) is 3.78. The van der Waals surface area contributed by atoms with Crippen LogP contribution >= 0.6 is 0 Å². The molecule has 0 spiro atoms. The third kappa shape index (κ3) is 2.97. The van der Waals surface area contributed by atoms with Gasteiger partial charge in [-0.25, -0.2) is 19.2 Å². The van der Waals surface area contributed by atoms with E-state index in [-0.39, 0.29) is 16.9 Å². The summed E-state index contributed by atoms with van der Waals surface area (Å²) in [4.78, 5) is 20.0. The highest BCUT2D eigenvalue weighted by Crippen LogP contribution is 2.40. The van der Waals surface area contributed by atoms with Crippen molar-refractivity contribution in [1.82, 2.24) is 9.97 Å². The second-order valence-electron chi connectivity index (χ2n) is 5.28. The number of halogens is 1. The Balaban J connectivity index is 2.29. The molecule has 0 bridgehead atoms. The molecule has 0 saturated heterocycles. The van der Waals surface area contributed by atoms with Crippen molar-refractivity contribution in [2.45, 2.75) is 0 Å². The first-order valence-electron chi connectivity index (χ1n) is 7.49. The normalized spacial score (nSPS) is 10.6. The minimum atomic E-state index is -1.28. The molecule has 0 aliphatic rings. The topological polar surface area (TPSA) is 90.8 Å². The number of aromatic nitrogens is 2. The van der Waals surface area contributed by atoms with Crippen LogP contribution in [0.5, 0.6) is 17.2 Å². The Morgan fingerprint density at radius 3 is 2.19 bits per heavy atom. The summed E-state index contributed by atoms with van der Waals surface area (Å²) < 4.78 is 29.3. The van der Waals surface area contributed by atoms with Crippen LogP contribution in [-0.4, -0.2) is 42.4 Å². The van der Waals surface area contributed by atoms with Gasteiger partial charge in [-0.1, -0.05) is 0 Å². The molecular formula is C18H15FN2O5. The van der Waals surface area contributed by atoms with Crippen molar-refractivity contribution in [3.05, 3.63) is 41.8 Å². The van der Waals surface area contributed by atoms with Crippen LogP contribution in [0.4, 0.5) is 4.39 Å². The fourth-order valence-corrected chi connectivity index (χ4v) is 2.60. The minimum absolute atomic E-state index is 0.119. The maximum Gasteiger partial charge on any atom is 0.355 e. The zero-order valence-corrected chi connectivity index (χ0v) is 14.2. The van der Waals surface area contributed by atoms with Crippen LogP contribution in [0.3, 0.4) is 0 Å². The number of carbonyl (C=O) groups is 1. The van der Waals surface area contributed by atoms with E-state index in [2.05, 4.69) is 9.97 Å². The zero-order chi connectivity index (χ0) is 18.8. The lowest BCUT2D eigenvalue weighted by Crippen LogP contribution is -2.05.